The fourth-order valence-corrected chi connectivity index (χ4v) is 5.54. The van der Waals surface area contributed by atoms with E-state index in [1.54, 1.807) is 35.0 Å². The molecule has 7 heteroatoms. The average molecular weight is 402 g/mol. The molecule has 27 heavy (non-hydrogen) atoms. The highest BCUT2D eigenvalue weighted by molar-refractivity contribution is 7.89. The van der Waals surface area contributed by atoms with E-state index in [0.29, 0.717) is 29.5 Å². The van der Waals surface area contributed by atoms with Gasteiger partial charge in [0.1, 0.15) is 4.90 Å². The second-order valence-corrected chi connectivity index (χ2v) is 9.06. The Kier molecular flexibility index (Phi) is 4.58. The maximum Gasteiger partial charge on any atom is 0.247 e. The molecule has 0 N–H and O–H groups in total. The lowest BCUT2D eigenvalue weighted by atomic mass is 10.0. The average Bonchev–Trinajstić information content (AvgIpc) is 2.96. The summed E-state index contributed by atoms with van der Waals surface area (Å²) >= 11 is 5.96. The van der Waals surface area contributed by atoms with Crippen LogP contribution in [-0.4, -0.2) is 29.0 Å². The molecular weight excluding hydrogens is 382 g/mol. The predicted octanol–water partition coefficient (Wildman–Crippen LogP) is 3.89. The Morgan fingerprint density at radius 2 is 1.67 bits per heavy atom. The molecule has 0 atom stereocenters. The Morgan fingerprint density at radius 1 is 1.00 bits per heavy atom. The second kappa shape index (κ2) is 6.78. The number of hydrogen-bond donors (Lipinski definition) is 0. The van der Waals surface area contributed by atoms with Gasteiger partial charge in [0.05, 0.1) is 17.1 Å². The molecule has 0 unspecified atom stereocenters. The third kappa shape index (κ3) is 3.18. The number of sulfonamides is 1. The monoisotopic (exact) mass is 401 g/mol. The minimum Gasteiger partial charge on any atom is -0.236 e. The summed E-state index contributed by atoms with van der Waals surface area (Å²) in [7, 11) is -3.64. The summed E-state index contributed by atoms with van der Waals surface area (Å²) in [5.41, 5.74) is 4.17. The summed E-state index contributed by atoms with van der Waals surface area (Å²) in [6, 6.07) is 15.2. The minimum atomic E-state index is -3.64. The number of hydrogen-bond acceptors (Lipinski definition) is 3. The highest BCUT2D eigenvalue weighted by atomic mass is 35.5. The zero-order valence-corrected chi connectivity index (χ0v) is 16.8. The van der Waals surface area contributed by atoms with E-state index in [2.05, 4.69) is 11.2 Å². The zero-order chi connectivity index (χ0) is 19.2. The van der Waals surface area contributed by atoms with Crippen molar-refractivity contribution < 1.29 is 8.42 Å². The fraction of sp³-hybridized carbons (Fsp3) is 0.250. The van der Waals surface area contributed by atoms with Gasteiger partial charge in [-0.1, -0.05) is 35.9 Å². The van der Waals surface area contributed by atoms with Gasteiger partial charge in [0.2, 0.25) is 10.0 Å². The lowest BCUT2D eigenvalue weighted by Crippen LogP contribution is -2.36. The Hall–Kier alpha value is -2.15. The van der Waals surface area contributed by atoms with Gasteiger partial charge in [0.25, 0.3) is 0 Å². The number of fused-ring (bicyclic) bond motifs is 1. The van der Waals surface area contributed by atoms with E-state index in [1.165, 1.54) is 5.56 Å². The molecule has 0 amide bonds. The summed E-state index contributed by atoms with van der Waals surface area (Å²) in [6.45, 7) is 4.40. The van der Waals surface area contributed by atoms with Crippen molar-refractivity contribution in [2.75, 3.05) is 6.54 Å². The molecule has 0 saturated heterocycles. The van der Waals surface area contributed by atoms with E-state index in [4.69, 9.17) is 11.6 Å². The van der Waals surface area contributed by atoms with Gasteiger partial charge in [-0.05, 0) is 55.7 Å². The van der Waals surface area contributed by atoms with Gasteiger partial charge in [0, 0.05) is 18.1 Å². The van der Waals surface area contributed by atoms with Crippen LogP contribution in [0.1, 0.15) is 22.5 Å². The molecule has 2 aromatic carbocycles. The normalized spacial score (nSPS) is 14.9. The van der Waals surface area contributed by atoms with Crippen LogP contribution in [0.5, 0.6) is 0 Å². The van der Waals surface area contributed by atoms with E-state index in [1.807, 2.05) is 30.3 Å². The molecule has 5 nitrogen and oxygen atoms in total. The van der Waals surface area contributed by atoms with Crippen LogP contribution in [0, 0.1) is 13.8 Å². The highest BCUT2D eigenvalue weighted by Gasteiger charge is 2.33. The standard InChI is InChI=1S/C20H20ClN3O2S/c1-14-20(15(2)24(22-14)19-9-7-18(21)8-10-19)27(25,26)23-12-11-16-5-3-4-6-17(16)13-23/h3-10H,11-13H2,1-2H3. The summed E-state index contributed by atoms with van der Waals surface area (Å²) in [5.74, 6) is 0. The maximum atomic E-state index is 13.4. The van der Waals surface area contributed by atoms with Crippen LogP contribution in [0.3, 0.4) is 0 Å². The molecular formula is C20H20ClN3O2S. The number of nitrogens with zero attached hydrogens (tertiary/aromatic N) is 3. The Labute approximate surface area is 164 Å². The van der Waals surface area contributed by atoms with Crippen LogP contribution in [0.2, 0.25) is 5.02 Å². The van der Waals surface area contributed by atoms with E-state index >= 15 is 0 Å². The third-order valence-corrected chi connectivity index (χ3v) is 7.34. The van der Waals surface area contributed by atoms with Crippen LogP contribution < -0.4 is 0 Å². The first-order valence-electron chi connectivity index (χ1n) is 8.77. The summed E-state index contributed by atoms with van der Waals surface area (Å²) in [4.78, 5) is 0.289. The van der Waals surface area contributed by atoms with Gasteiger partial charge >= 0.3 is 0 Å². The van der Waals surface area contributed by atoms with Crippen molar-refractivity contribution in [3.05, 3.63) is 76.1 Å². The number of halogens is 1. The van der Waals surface area contributed by atoms with Gasteiger partial charge in [-0.15, -0.1) is 0 Å². The Balaban J connectivity index is 1.74. The number of aryl methyl sites for hydroxylation is 1. The van der Waals surface area contributed by atoms with E-state index in [0.717, 1.165) is 17.7 Å². The van der Waals surface area contributed by atoms with Crippen molar-refractivity contribution in [3.8, 4) is 5.69 Å². The Bertz CT molecular complexity index is 1100. The topological polar surface area (TPSA) is 55.2 Å². The molecule has 0 radical (unpaired) electrons. The van der Waals surface area contributed by atoms with Crippen molar-refractivity contribution in [1.29, 1.82) is 0 Å². The quantitative estimate of drug-likeness (QED) is 0.669. The first-order valence-corrected chi connectivity index (χ1v) is 10.6. The largest absolute Gasteiger partial charge is 0.247 e. The number of aromatic nitrogens is 2. The molecule has 1 aromatic heterocycles. The van der Waals surface area contributed by atoms with Crippen LogP contribution in [-0.2, 0) is 23.0 Å². The molecule has 0 spiro atoms. The molecule has 0 bridgehead atoms. The lowest BCUT2D eigenvalue weighted by molar-refractivity contribution is 0.391. The van der Waals surface area contributed by atoms with Crippen LogP contribution in [0.25, 0.3) is 5.69 Å². The van der Waals surface area contributed by atoms with E-state index in [-0.39, 0.29) is 4.90 Å². The molecule has 1 aliphatic rings. The summed E-state index contributed by atoms with van der Waals surface area (Å²) in [5, 5.41) is 5.11. The van der Waals surface area contributed by atoms with Crippen LogP contribution in [0.15, 0.2) is 53.4 Å². The first-order chi connectivity index (χ1) is 12.9. The molecule has 1 aliphatic heterocycles. The molecule has 0 aliphatic carbocycles. The lowest BCUT2D eigenvalue weighted by Gasteiger charge is -2.28. The minimum absolute atomic E-state index is 0.289. The highest BCUT2D eigenvalue weighted by Crippen LogP contribution is 2.29. The van der Waals surface area contributed by atoms with Crippen molar-refractivity contribution in [1.82, 2.24) is 14.1 Å². The van der Waals surface area contributed by atoms with E-state index < -0.39 is 10.0 Å². The number of rotatable bonds is 3. The fourth-order valence-electron chi connectivity index (χ4n) is 3.64. The van der Waals surface area contributed by atoms with Crippen molar-refractivity contribution in [2.45, 2.75) is 31.7 Å². The van der Waals surface area contributed by atoms with Crippen molar-refractivity contribution in [2.24, 2.45) is 0 Å². The number of benzene rings is 2. The van der Waals surface area contributed by atoms with Gasteiger partial charge in [-0.25, -0.2) is 13.1 Å². The Morgan fingerprint density at radius 3 is 2.37 bits per heavy atom. The van der Waals surface area contributed by atoms with E-state index in [9.17, 15) is 8.42 Å². The third-order valence-electron chi connectivity index (χ3n) is 4.99. The zero-order valence-electron chi connectivity index (χ0n) is 15.2. The van der Waals surface area contributed by atoms with Crippen molar-refractivity contribution >= 4 is 21.6 Å². The van der Waals surface area contributed by atoms with Gasteiger partial charge < -0.3 is 0 Å². The van der Waals surface area contributed by atoms with Crippen molar-refractivity contribution in [3.63, 3.8) is 0 Å². The predicted molar refractivity (Wildman–Crippen MR) is 106 cm³/mol. The second-order valence-electron chi connectivity index (χ2n) is 6.75. The maximum absolute atomic E-state index is 13.4. The molecule has 0 fully saturated rings. The molecule has 140 valence electrons. The molecule has 4 rings (SSSR count). The SMILES string of the molecule is Cc1nn(-c2ccc(Cl)cc2)c(C)c1S(=O)(=O)N1CCc2ccccc2C1. The first kappa shape index (κ1) is 18.2. The van der Waals surface area contributed by atoms with Crippen LogP contribution >= 0.6 is 11.6 Å². The molecule has 3 aromatic rings. The smallest absolute Gasteiger partial charge is 0.236 e. The van der Waals surface area contributed by atoms with Gasteiger partial charge in [-0.2, -0.15) is 9.40 Å². The molecule has 0 saturated carbocycles. The van der Waals surface area contributed by atoms with Crippen LogP contribution in [0.4, 0.5) is 0 Å². The van der Waals surface area contributed by atoms with Gasteiger partial charge in [-0.3, -0.25) is 0 Å². The summed E-state index contributed by atoms with van der Waals surface area (Å²) < 4.78 is 30.0. The molecule has 2 heterocycles. The van der Waals surface area contributed by atoms with Gasteiger partial charge in [0.15, 0.2) is 0 Å². The summed E-state index contributed by atoms with van der Waals surface area (Å²) in [6.07, 6.45) is 0.721.